The van der Waals surface area contributed by atoms with Crippen LogP contribution >= 0.6 is 0 Å². The molecular weight excluding hydrogens is 623 g/mol. The van der Waals surface area contributed by atoms with Gasteiger partial charge in [0, 0.05) is 50.3 Å². The van der Waals surface area contributed by atoms with Crippen LogP contribution in [0.25, 0.3) is 55.7 Å². The Morgan fingerprint density at radius 3 is 2.33 bits per heavy atom. The number of fused-ring (bicyclic) bond motifs is 6. The summed E-state index contributed by atoms with van der Waals surface area (Å²) in [6, 6.07) is 38.2. The zero-order valence-electron chi connectivity index (χ0n) is 28.5. The lowest BCUT2D eigenvalue weighted by Crippen LogP contribution is -2.12. The van der Waals surface area contributed by atoms with Gasteiger partial charge in [-0.05, 0) is 98.2 Å². The van der Waals surface area contributed by atoms with Gasteiger partial charge in [0.15, 0.2) is 0 Å². The summed E-state index contributed by atoms with van der Waals surface area (Å²) in [7, 11) is 0. The van der Waals surface area contributed by atoms with Gasteiger partial charge in [-0.25, -0.2) is 0 Å². The molecule has 1 atom stereocenters. The smallest absolute Gasteiger partial charge is 0.0994 e. The number of rotatable bonds is 7. The molecular formula is C46H35N5. The normalized spacial score (nSPS) is 15.8. The van der Waals surface area contributed by atoms with Crippen LogP contribution in [0.1, 0.15) is 55.0 Å². The number of allylic oxidation sites excluding steroid dienone is 8. The lowest BCUT2D eigenvalue weighted by molar-refractivity contribution is 0.746. The Balaban J connectivity index is 1.23. The molecule has 6 aromatic rings. The van der Waals surface area contributed by atoms with Crippen molar-refractivity contribution in [1.82, 2.24) is 9.13 Å². The maximum absolute atomic E-state index is 10.3. The molecule has 2 aromatic heterocycles. The molecule has 1 unspecified atom stereocenters. The number of para-hydroxylation sites is 2. The van der Waals surface area contributed by atoms with Crippen LogP contribution in [0.4, 0.5) is 0 Å². The van der Waals surface area contributed by atoms with Gasteiger partial charge < -0.3 is 9.13 Å². The largest absolute Gasteiger partial charge is 0.317 e. The minimum atomic E-state index is 0.0738. The molecule has 0 radical (unpaired) electrons. The van der Waals surface area contributed by atoms with E-state index < -0.39 is 0 Å². The summed E-state index contributed by atoms with van der Waals surface area (Å²) in [5.74, 6) is 0.0738. The molecule has 0 N–H and O–H groups in total. The quantitative estimate of drug-likeness (QED) is 0.160. The molecule has 5 heteroatoms. The average Bonchev–Trinajstić information content (AvgIpc) is 3.70. The van der Waals surface area contributed by atoms with Gasteiger partial charge in [-0.2, -0.15) is 15.8 Å². The summed E-state index contributed by atoms with van der Waals surface area (Å²) in [6.07, 6.45) is 12.8. The van der Waals surface area contributed by atoms with Crippen LogP contribution in [-0.4, -0.2) is 9.13 Å². The zero-order chi connectivity index (χ0) is 35.1. The van der Waals surface area contributed by atoms with E-state index in [2.05, 4.69) is 126 Å². The SMILES string of the molecule is C=C(C#N)CC/C(=C(\C)C1C=C(c2ccc(-n3c4ccccc4c4cc(C#N)ccc43)cc2)C(C#N)=CC1)n1c2c(c3ccccc31)C=CCC2. The van der Waals surface area contributed by atoms with Crippen LogP contribution in [-0.2, 0) is 6.42 Å². The van der Waals surface area contributed by atoms with E-state index >= 15 is 0 Å². The second-order valence-corrected chi connectivity index (χ2v) is 13.4. The molecule has 0 spiro atoms. The van der Waals surface area contributed by atoms with Crippen molar-refractivity contribution < 1.29 is 0 Å². The van der Waals surface area contributed by atoms with Gasteiger partial charge in [-0.3, -0.25) is 0 Å². The third kappa shape index (κ3) is 5.39. The maximum atomic E-state index is 10.3. The van der Waals surface area contributed by atoms with Crippen LogP contribution in [0.5, 0.6) is 0 Å². The van der Waals surface area contributed by atoms with E-state index in [0.717, 1.165) is 57.9 Å². The van der Waals surface area contributed by atoms with Crippen LogP contribution in [0.15, 0.2) is 133 Å². The first-order chi connectivity index (χ1) is 25.0. The second kappa shape index (κ2) is 13.0. The first-order valence-electron chi connectivity index (χ1n) is 17.4. The van der Waals surface area contributed by atoms with Crippen LogP contribution in [0.2, 0.25) is 0 Å². The van der Waals surface area contributed by atoms with Gasteiger partial charge in [-0.1, -0.05) is 79.4 Å². The number of nitriles is 3. The third-order valence-corrected chi connectivity index (χ3v) is 10.5. The molecule has 2 aliphatic carbocycles. The van der Waals surface area contributed by atoms with Gasteiger partial charge >= 0.3 is 0 Å². The van der Waals surface area contributed by atoms with E-state index in [1.165, 1.54) is 33.4 Å². The van der Waals surface area contributed by atoms with Gasteiger partial charge in [-0.15, -0.1) is 0 Å². The molecule has 2 heterocycles. The Kier molecular flexibility index (Phi) is 8.08. The molecule has 0 fully saturated rings. The number of nitrogens with zero attached hydrogens (tertiary/aromatic N) is 5. The third-order valence-electron chi connectivity index (χ3n) is 10.5. The van der Waals surface area contributed by atoms with Gasteiger partial charge in [0.2, 0.25) is 0 Å². The highest BCUT2D eigenvalue weighted by atomic mass is 15.0. The summed E-state index contributed by atoms with van der Waals surface area (Å²) < 4.78 is 4.69. The summed E-state index contributed by atoms with van der Waals surface area (Å²) in [4.78, 5) is 0. The minimum absolute atomic E-state index is 0.0738. The van der Waals surface area contributed by atoms with E-state index in [1.54, 1.807) is 0 Å². The minimum Gasteiger partial charge on any atom is -0.317 e. The van der Waals surface area contributed by atoms with Crippen molar-refractivity contribution in [3.05, 3.63) is 155 Å². The zero-order valence-corrected chi connectivity index (χ0v) is 28.5. The topological polar surface area (TPSA) is 81.2 Å². The number of hydrogen-bond acceptors (Lipinski definition) is 3. The molecule has 0 amide bonds. The molecule has 8 rings (SSSR count). The molecule has 0 saturated heterocycles. The van der Waals surface area contributed by atoms with E-state index in [4.69, 9.17) is 0 Å². The predicted molar refractivity (Wildman–Crippen MR) is 207 cm³/mol. The molecule has 0 saturated carbocycles. The van der Waals surface area contributed by atoms with Crippen molar-refractivity contribution in [2.45, 2.75) is 39.0 Å². The van der Waals surface area contributed by atoms with Crippen molar-refractivity contribution >= 4 is 50.1 Å². The van der Waals surface area contributed by atoms with Gasteiger partial charge in [0.1, 0.15) is 0 Å². The molecule has 2 aliphatic rings. The Morgan fingerprint density at radius 1 is 0.824 bits per heavy atom. The fraction of sp³-hybridized carbons (Fsp3) is 0.152. The summed E-state index contributed by atoms with van der Waals surface area (Å²) in [5.41, 5.74) is 13.2. The standard InChI is InChI=1S/C46H35N5/c1-30(27-47)15-23-42(51-44-13-7-3-9-37(44)38-10-4-8-14-45(38)51)31(2)34-17-18-35(29-49)40(26-34)33-19-21-36(22-20-33)50-43-12-6-5-11-39(43)41-25-32(28-48)16-24-46(41)50/h3-7,9-13,16,18-22,24-26,34H,1,8,14-15,17,23H2,2H3/b42-31-. The van der Waals surface area contributed by atoms with Crippen molar-refractivity contribution in [3.63, 3.8) is 0 Å². The number of benzene rings is 4. The summed E-state index contributed by atoms with van der Waals surface area (Å²) >= 11 is 0. The maximum Gasteiger partial charge on any atom is 0.0994 e. The Hall–Kier alpha value is -6.61. The summed E-state index contributed by atoms with van der Waals surface area (Å²) in [6.45, 7) is 6.23. The Labute approximate surface area is 297 Å². The monoisotopic (exact) mass is 657 g/mol. The highest BCUT2D eigenvalue weighted by molar-refractivity contribution is 6.09. The van der Waals surface area contributed by atoms with Crippen LogP contribution < -0.4 is 0 Å². The lowest BCUT2D eigenvalue weighted by atomic mass is 9.82. The molecule has 4 aromatic carbocycles. The van der Waals surface area contributed by atoms with Crippen molar-refractivity contribution in [3.8, 4) is 23.9 Å². The molecule has 51 heavy (non-hydrogen) atoms. The van der Waals surface area contributed by atoms with E-state index in [-0.39, 0.29) is 5.92 Å². The van der Waals surface area contributed by atoms with Crippen molar-refractivity contribution in [2.75, 3.05) is 0 Å². The molecule has 5 nitrogen and oxygen atoms in total. The molecule has 0 bridgehead atoms. The fourth-order valence-electron chi connectivity index (χ4n) is 7.99. The average molecular weight is 658 g/mol. The molecule has 0 aliphatic heterocycles. The lowest BCUT2D eigenvalue weighted by Gasteiger charge is -2.25. The van der Waals surface area contributed by atoms with E-state index in [0.29, 0.717) is 29.6 Å². The highest BCUT2D eigenvalue weighted by Crippen LogP contribution is 2.41. The summed E-state index contributed by atoms with van der Waals surface area (Å²) in [5, 5.41) is 32.8. The first-order valence-corrected chi connectivity index (χ1v) is 17.4. The number of aromatic nitrogens is 2. The predicted octanol–water partition coefficient (Wildman–Crippen LogP) is 11.2. The fourth-order valence-corrected chi connectivity index (χ4v) is 7.99. The van der Waals surface area contributed by atoms with Gasteiger partial charge in [0.25, 0.3) is 0 Å². The van der Waals surface area contributed by atoms with Gasteiger partial charge in [0.05, 0.1) is 45.9 Å². The molecule has 244 valence electrons. The van der Waals surface area contributed by atoms with Crippen LogP contribution in [0, 0.1) is 39.9 Å². The van der Waals surface area contributed by atoms with E-state index in [9.17, 15) is 15.8 Å². The first kappa shape index (κ1) is 31.6. The van der Waals surface area contributed by atoms with Crippen molar-refractivity contribution in [1.29, 1.82) is 15.8 Å². The second-order valence-electron chi connectivity index (χ2n) is 13.4. The van der Waals surface area contributed by atoms with E-state index in [1.807, 2.05) is 30.3 Å². The van der Waals surface area contributed by atoms with Crippen LogP contribution in [0.3, 0.4) is 0 Å². The number of hydrogen-bond donors (Lipinski definition) is 0. The van der Waals surface area contributed by atoms with Crippen molar-refractivity contribution in [2.24, 2.45) is 5.92 Å². The highest BCUT2D eigenvalue weighted by Gasteiger charge is 2.25. The Morgan fingerprint density at radius 2 is 1.57 bits per heavy atom. The Bertz CT molecular complexity index is 2660.